The average Bonchev–Trinajstić information content (AvgIpc) is 3.29. The van der Waals surface area contributed by atoms with Gasteiger partial charge in [-0.1, -0.05) is 157 Å². The molecule has 0 amide bonds. The molecule has 1 aliphatic rings. The summed E-state index contributed by atoms with van der Waals surface area (Å²) >= 11 is 0. The Morgan fingerprint density at radius 2 is 1.02 bits per heavy atom. The van der Waals surface area contributed by atoms with Gasteiger partial charge in [0.25, 0.3) is 0 Å². The van der Waals surface area contributed by atoms with E-state index in [9.17, 15) is 49.7 Å². The van der Waals surface area contributed by atoms with Gasteiger partial charge in [0.05, 0.1) is 12.7 Å². The van der Waals surface area contributed by atoms with Gasteiger partial charge in [-0.3, -0.25) is 18.6 Å². The second-order valence-corrected chi connectivity index (χ2v) is 18.6. The first-order valence-electron chi connectivity index (χ1n) is 24.8. The van der Waals surface area contributed by atoms with Crippen LogP contribution in [0.1, 0.15) is 174 Å². The van der Waals surface area contributed by atoms with Crippen molar-refractivity contribution in [3.63, 3.8) is 0 Å². The minimum Gasteiger partial charge on any atom is -0.462 e. The Labute approximate surface area is 396 Å². The molecule has 1 aliphatic carbocycles. The third-order valence-corrected chi connectivity index (χ3v) is 12.1. The molecule has 0 aromatic heterocycles. The molecule has 0 aromatic rings. The molecule has 0 heterocycles. The van der Waals surface area contributed by atoms with Crippen LogP contribution in [0.5, 0.6) is 0 Å². The number of aliphatic hydroxyl groups excluding tert-OH is 6. The van der Waals surface area contributed by atoms with E-state index in [4.69, 9.17) is 18.5 Å². The maximum absolute atomic E-state index is 12.8. The van der Waals surface area contributed by atoms with Gasteiger partial charge in [-0.25, -0.2) is 4.57 Å². The fourth-order valence-electron chi connectivity index (χ4n) is 7.04. The van der Waals surface area contributed by atoms with E-state index in [0.717, 1.165) is 51.4 Å². The Balaban J connectivity index is 2.50. The van der Waals surface area contributed by atoms with Gasteiger partial charge >= 0.3 is 19.8 Å². The Hall–Kier alpha value is -2.75. The van der Waals surface area contributed by atoms with Crippen molar-refractivity contribution >= 4 is 19.8 Å². The molecule has 0 radical (unpaired) electrons. The summed E-state index contributed by atoms with van der Waals surface area (Å²) in [6.45, 7) is 3.12. The van der Waals surface area contributed by atoms with Gasteiger partial charge in [0.15, 0.2) is 6.10 Å². The van der Waals surface area contributed by atoms with E-state index in [1.165, 1.54) is 70.6 Å². The molecule has 0 saturated heterocycles. The molecule has 0 aromatic carbocycles. The number of allylic oxidation sites excluding steroid dienone is 10. The third kappa shape index (κ3) is 32.1. The van der Waals surface area contributed by atoms with Crippen molar-refractivity contribution < 1.29 is 68.2 Å². The van der Waals surface area contributed by atoms with Gasteiger partial charge in [0.1, 0.15) is 43.2 Å². The van der Waals surface area contributed by atoms with Gasteiger partial charge in [-0.05, 0) is 77.0 Å². The number of carbonyl (C=O) groups is 2. The summed E-state index contributed by atoms with van der Waals surface area (Å²) in [5, 5.41) is 60.4. The highest BCUT2D eigenvalue weighted by atomic mass is 31.2. The zero-order valence-electron chi connectivity index (χ0n) is 40.1. The number of phosphoric acid groups is 1. The Bertz CT molecular complexity index is 1450. The van der Waals surface area contributed by atoms with E-state index in [1.807, 2.05) is 18.2 Å². The van der Waals surface area contributed by atoms with Crippen LogP contribution >= 0.6 is 7.82 Å². The number of esters is 2. The number of phosphoric ester groups is 1. The second kappa shape index (κ2) is 40.2. The monoisotopic (exact) mass is 955 g/mol. The number of rotatable bonds is 40. The predicted octanol–water partition coefficient (Wildman–Crippen LogP) is 9.25. The lowest BCUT2D eigenvalue weighted by Crippen LogP contribution is -2.64. The standard InChI is InChI=1S/C51H87O14P/c1-3-5-7-9-11-13-14-15-16-17-18-19-20-21-22-24-26-30-34-38-44(53)62-40-43(41-63-66(60,61)65-51-49(58)47(56)46(55)48(57)50(51)59)64-45(54)39-35-31-27-29-33-37-42(52)36-32-28-25-23-12-10-8-6-4-2/h11-13,15-16,23,27-29,32-33,37,42-43,46-52,55-59H,3-10,14,17-22,24-26,30-31,34-36,38-41H2,1-2H3,(H,60,61)/b13-11-,16-15-,23-12-,29-27+,32-28-,37-33-/t42?,43-,46?,47-,48+,49-,50-,51?/m1/s1. The fraction of sp³-hybridized carbons (Fsp3) is 0.725. The number of unbranched alkanes of at least 4 members (excludes halogenated alkanes) is 16. The van der Waals surface area contributed by atoms with Crippen LogP contribution in [0.4, 0.5) is 0 Å². The molecule has 0 bridgehead atoms. The van der Waals surface area contributed by atoms with Gasteiger partial charge in [-0.2, -0.15) is 0 Å². The first-order chi connectivity index (χ1) is 31.8. The maximum Gasteiger partial charge on any atom is 0.472 e. The highest BCUT2D eigenvalue weighted by Crippen LogP contribution is 2.47. The normalized spacial score (nSPS) is 22.4. The number of hydrogen-bond donors (Lipinski definition) is 7. The van der Waals surface area contributed by atoms with Crippen molar-refractivity contribution in [2.24, 2.45) is 0 Å². The molecular formula is C51H87O14P. The summed E-state index contributed by atoms with van der Waals surface area (Å²) in [5.74, 6) is -1.24. The largest absolute Gasteiger partial charge is 0.472 e. The van der Waals surface area contributed by atoms with E-state index >= 15 is 0 Å². The van der Waals surface area contributed by atoms with Crippen LogP contribution in [0, 0.1) is 0 Å². The topological polar surface area (TPSA) is 230 Å². The summed E-state index contributed by atoms with van der Waals surface area (Å²) in [6.07, 6.45) is 33.9. The number of hydrogen-bond acceptors (Lipinski definition) is 13. The van der Waals surface area contributed by atoms with Crippen molar-refractivity contribution in [2.45, 2.75) is 223 Å². The second-order valence-electron chi connectivity index (χ2n) is 17.2. The van der Waals surface area contributed by atoms with Crippen molar-refractivity contribution in [3.8, 4) is 0 Å². The van der Waals surface area contributed by atoms with Gasteiger partial charge < -0.3 is 45.0 Å². The molecule has 0 spiro atoms. The zero-order chi connectivity index (χ0) is 48.7. The molecule has 0 aliphatic heterocycles. The molecule has 1 fully saturated rings. The van der Waals surface area contributed by atoms with Crippen molar-refractivity contribution in [1.29, 1.82) is 0 Å². The fourth-order valence-corrected chi connectivity index (χ4v) is 8.01. The van der Waals surface area contributed by atoms with E-state index in [2.05, 4.69) is 50.3 Å². The van der Waals surface area contributed by atoms with Crippen LogP contribution in [0.3, 0.4) is 0 Å². The van der Waals surface area contributed by atoms with E-state index in [-0.39, 0.29) is 12.8 Å². The lowest BCUT2D eigenvalue weighted by molar-refractivity contribution is -0.220. The molecule has 4 unspecified atom stereocenters. The van der Waals surface area contributed by atoms with E-state index in [1.54, 1.807) is 18.2 Å². The number of carbonyl (C=O) groups excluding carboxylic acids is 2. The maximum atomic E-state index is 12.8. The molecule has 66 heavy (non-hydrogen) atoms. The molecule has 7 N–H and O–H groups in total. The van der Waals surface area contributed by atoms with Crippen LogP contribution in [0.15, 0.2) is 72.9 Å². The first kappa shape index (κ1) is 61.3. The average molecular weight is 955 g/mol. The van der Waals surface area contributed by atoms with Gasteiger partial charge in [0.2, 0.25) is 0 Å². The highest BCUT2D eigenvalue weighted by molar-refractivity contribution is 7.47. The molecule has 9 atom stereocenters. The first-order valence-corrected chi connectivity index (χ1v) is 26.3. The summed E-state index contributed by atoms with van der Waals surface area (Å²) in [4.78, 5) is 35.8. The Morgan fingerprint density at radius 3 is 1.58 bits per heavy atom. The van der Waals surface area contributed by atoms with Crippen LogP contribution in [0.25, 0.3) is 0 Å². The molecule has 14 nitrogen and oxygen atoms in total. The lowest BCUT2D eigenvalue weighted by atomic mass is 9.85. The predicted molar refractivity (Wildman–Crippen MR) is 259 cm³/mol. The van der Waals surface area contributed by atoms with Crippen molar-refractivity contribution in [2.75, 3.05) is 13.2 Å². The molecule has 15 heteroatoms. The summed E-state index contributed by atoms with van der Waals surface area (Å²) in [5.41, 5.74) is 0. The van der Waals surface area contributed by atoms with E-state index in [0.29, 0.717) is 25.7 Å². The van der Waals surface area contributed by atoms with Crippen LogP contribution in [-0.4, -0.2) is 110 Å². The molecule has 1 rings (SSSR count). The van der Waals surface area contributed by atoms with Crippen LogP contribution < -0.4 is 0 Å². The smallest absolute Gasteiger partial charge is 0.462 e. The van der Waals surface area contributed by atoms with E-state index < -0.39 is 81.8 Å². The Morgan fingerprint density at radius 1 is 0.545 bits per heavy atom. The molecular weight excluding hydrogens is 868 g/mol. The quantitative estimate of drug-likeness (QED) is 0.00999. The number of ether oxygens (including phenoxy) is 2. The molecule has 380 valence electrons. The minimum atomic E-state index is -5.16. The summed E-state index contributed by atoms with van der Waals surface area (Å²) < 4.78 is 33.5. The van der Waals surface area contributed by atoms with Gasteiger partial charge in [0, 0.05) is 12.8 Å². The SMILES string of the molecule is CCCCC/C=C\C/C=C\CCCCCCCCCCCC(=O)OC[C@H](COP(=O)(O)OC1[C@H](O)[C@H](O)C(O)[C@H](O)[C@H]1O)OC(=O)CCC/C=C/C=C\C(O)C/C=C\C/C=C\CCCCC. The van der Waals surface area contributed by atoms with Crippen LogP contribution in [0.2, 0.25) is 0 Å². The molecule has 1 saturated carbocycles. The Kier molecular flexibility index (Phi) is 37.3. The summed E-state index contributed by atoms with van der Waals surface area (Å²) in [7, 11) is -5.16. The third-order valence-electron chi connectivity index (χ3n) is 11.1. The zero-order valence-corrected chi connectivity index (χ0v) is 41.0. The van der Waals surface area contributed by atoms with Gasteiger partial charge in [-0.15, -0.1) is 0 Å². The highest BCUT2D eigenvalue weighted by Gasteiger charge is 2.51. The van der Waals surface area contributed by atoms with Crippen molar-refractivity contribution in [1.82, 2.24) is 0 Å². The number of aliphatic hydroxyl groups is 6. The van der Waals surface area contributed by atoms with Crippen LogP contribution in [-0.2, 0) is 32.7 Å². The van der Waals surface area contributed by atoms with Crippen molar-refractivity contribution in [3.05, 3.63) is 72.9 Å². The summed E-state index contributed by atoms with van der Waals surface area (Å²) in [6, 6.07) is 0. The minimum absolute atomic E-state index is 0.0421. The lowest BCUT2D eigenvalue weighted by Gasteiger charge is -2.41.